The van der Waals surface area contributed by atoms with Gasteiger partial charge in [-0.3, -0.25) is 4.79 Å². The zero-order valence-corrected chi connectivity index (χ0v) is 21.6. The molecule has 0 spiro atoms. The minimum Gasteiger partial charge on any atom is -0.497 e. The van der Waals surface area contributed by atoms with Crippen LogP contribution in [-0.4, -0.2) is 55.8 Å². The Morgan fingerprint density at radius 2 is 1.53 bits per heavy atom. The molecule has 1 aromatic heterocycles. The Hall–Kier alpha value is -4.33. The Kier molecular flexibility index (Phi) is 7.05. The first-order chi connectivity index (χ1) is 18.4. The maximum Gasteiger partial charge on any atom is 0.255 e. The van der Waals surface area contributed by atoms with Crippen LogP contribution in [0.1, 0.15) is 16.1 Å². The number of carbonyl (C=O) groups excluding carboxylic acids is 1. The number of nitrogens with zero attached hydrogens (tertiary/aromatic N) is 3. The molecule has 3 aromatic carbocycles. The molecule has 1 amide bonds. The van der Waals surface area contributed by atoms with Gasteiger partial charge in [-0.25, -0.2) is 8.78 Å². The first kappa shape index (κ1) is 25.3. The van der Waals surface area contributed by atoms with Crippen LogP contribution in [0.5, 0.6) is 11.5 Å². The molecule has 0 N–H and O–H groups in total. The molecular weight excluding hydrogens is 488 g/mol. The molecule has 0 atom stereocenters. The van der Waals surface area contributed by atoms with Crippen LogP contribution in [0.4, 0.5) is 14.5 Å². The lowest BCUT2D eigenvalue weighted by atomic mass is 10.1. The highest BCUT2D eigenvalue weighted by molar-refractivity contribution is 5.97. The Labute approximate surface area is 220 Å². The molecule has 196 valence electrons. The van der Waals surface area contributed by atoms with E-state index in [9.17, 15) is 13.6 Å². The van der Waals surface area contributed by atoms with E-state index in [1.807, 2.05) is 53.4 Å². The molecular formula is C30H29F2N3O3. The predicted octanol–water partition coefficient (Wildman–Crippen LogP) is 5.71. The monoisotopic (exact) mass is 517 g/mol. The molecule has 5 rings (SSSR count). The van der Waals surface area contributed by atoms with Crippen LogP contribution in [0.25, 0.3) is 16.9 Å². The number of carbonyl (C=O) groups is 1. The van der Waals surface area contributed by atoms with Gasteiger partial charge in [0.25, 0.3) is 5.91 Å². The van der Waals surface area contributed by atoms with Crippen molar-refractivity contribution in [1.29, 1.82) is 0 Å². The summed E-state index contributed by atoms with van der Waals surface area (Å²) < 4.78 is 41.1. The molecule has 4 aromatic rings. The summed E-state index contributed by atoms with van der Waals surface area (Å²) in [6, 6.07) is 20.4. The van der Waals surface area contributed by atoms with E-state index in [0.717, 1.165) is 23.1 Å². The second-order valence-corrected chi connectivity index (χ2v) is 9.14. The number of amides is 1. The topological polar surface area (TPSA) is 46.9 Å². The zero-order valence-electron chi connectivity index (χ0n) is 21.6. The van der Waals surface area contributed by atoms with E-state index in [0.29, 0.717) is 48.9 Å². The highest BCUT2D eigenvalue weighted by Crippen LogP contribution is 2.33. The second-order valence-electron chi connectivity index (χ2n) is 9.14. The molecule has 0 bridgehead atoms. The zero-order chi connectivity index (χ0) is 26.8. The van der Waals surface area contributed by atoms with E-state index in [2.05, 4.69) is 4.90 Å². The SMILES string of the molecule is COc1ccc(-c2cc(C(=O)N3CCN(c4ccccc4OC)CC3)c(C)n2-c2ccc(F)cc2F)cc1. The largest absolute Gasteiger partial charge is 0.497 e. The summed E-state index contributed by atoms with van der Waals surface area (Å²) >= 11 is 0. The summed E-state index contributed by atoms with van der Waals surface area (Å²) in [5.74, 6) is -0.0150. The number of benzene rings is 3. The third-order valence-electron chi connectivity index (χ3n) is 7.01. The number of halogens is 2. The van der Waals surface area contributed by atoms with E-state index in [1.54, 1.807) is 31.8 Å². The van der Waals surface area contributed by atoms with Gasteiger partial charge in [-0.05, 0) is 67.1 Å². The van der Waals surface area contributed by atoms with Gasteiger partial charge in [-0.15, -0.1) is 0 Å². The molecule has 6 nitrogen and oxygen atoms in total. The van der Waals surface area contributed by atoms with Crippen LogP contribution in [-0.2, 0) is 0 Å². The van der Waals surface area contributed by atoms with Gasteiger partial charge in [0.1, 0.15) is 23.1 Å². The second kappa shape index (κ2) is 10.6. The normalized spacial score (nSPS) is 13.5. The van der Waals surface area contributed by atoms with Crippen molar-refractivity contribution in [2.45, 2.75) is 6.92 Å². The average molecular weight is 518 g/mol. The fraction of sp³-hybridized carbons (Fsp3) is 0.233. The van der Waals surface area contributed by atoms with E-state index < -0.39 is 11.6 Å². The van der Waals surface area contributed by atoms with E-state index >= 15 is 0 Å². The van der Waals surface area contributed by atoms with Gasteiger partial charge >= 0.3 is 0 Å². The summed E-state index contributed by atoms with van der Waals surface area (Å²) in [5, 5.41) is 0. The van der Waals surface area contributed by atoms with Gasteiger partial charge in [-0.1, -0.05) is 12.1 Å². The molecule has 38 heavy (non-hydrogen) atoms. The number of piperazine rings is 1. The van der Waals surface area contributed by atoms with E-state index in [-0.39, 0.29) is 11.6 Å². The fourth-order valence-corrected chi connectivity index (χ4v) is 4.98. The molecule has 0 saturated carbocycles. The Morgan fingerprint density at radius 3 is 2.18 bits per heavy atom. The molecule has 8 heteroatoms. The van der Waals surface area contributed by atoms with Crippen molar-refractivity contribution in [3.63, 3.8) is 0 Å². The molecule has 1 fully saturated rings. The molecule has 1 aliphatic rings. The molecule has 2 heterocycles. The molecule has 0 aliphatic carbocycles. The fourth-order valence-electron chi connectivity index (χ4n) is 4.98. The number of rotatable bonds is 6. The van der Waals surface area contributed by atoms with Gasteiger partial charge in [0.15, 0.2) is 0 Å². The van der Waals surface area contributed by atoms with E-state index in [4.69, 9.17) is 9.47 Å². The maximum atomic E-state index is 15.0. The smallest absolute Gasteiger partial charge is 0.255 e. The third-order valence-corrected chi connectivity index (χ3v) is 7.01. The molecule has 1 saturated heterocycles. The first-order valence-electron chi connectivity index (χ1n) is 12.4. The van der Waals surface area contributed by atoms with Crippen molar-refractivity contribution in [2.24, 2.45) is 0 Å². The lowest BCUT2D eigenvalue weighted by Gasteiger charge is -2.36. The summed E-state index contributed by atoms with van der Waals surface area (Å²) in [6.07, 6.45) is 0. The summed E-state index contributed by atoms with van der Waals surface area (Å²) in [7, 11) is 3.23. The van der Waals surface area contributed by atoms with Gasteiger partial charge in [-0.2, -0.15) is 0 Å². The van der Waals surface area contributed by atoms with Crippen LogP contribution in [0.3, 0.4) is 0 Å². The van der Waals surface area contributed by atoms with Crippen molar-refractivity contribution < 1.29 is 23.0 Å². The number of hydrogen-bond acceptors (Lipinski definition) is 4. The van der Waals surface area contributed by atoms with Crippen molar-refractivity contribution in [3.05, 3.63) is 95.7 Å². The molecule has 0 unspecified atom stereocenters. The lowest BCUT2D eigenvalue weighted by Crippen LogP contribution is -2.49. The average Bonchev–Trinajstić information content (AvgIpc) is 3.29. The van der Waals surface area contributed by atoms with Gasteiger partial charge in [0.2, 0.25) is 0 Å². The van der Waals surface area contributed by atoms with Crippen molar-refractivity contribution in [2.75, 3.05) is 45.3 Å². The summed E-state index contributed by atoms with van der Waals surface area (Å²) in [5.41, 5.74) is 3.64. The Bertz CT molecular complexity index is 1460. The van der Waals surface area contributed by atoms with Crippen molar-refractivity contribution >= 4 is 11.6 Å². The minimum atomic E-state index is -0.706. The van der Waals surface area contributed by atoms with Gasteiger partial charge in [0, 0.05) is 37.9 Å². The lowest BCUT2D eigenvalue weighted by molar-refractivity contribution is 0.0746. The standard InChI is InChI=1S/C30H29F2N3O3/c1-20-24(30(36)34-16-14-33(15-17-34)27-6-4-5-7-29(27)38-3)19-28(21-8-11-23(37-2)12-9-21)35(20)26-13-10-22(31)18-25(26)32/h4-13,18-19H,14-17H2,1-3H3. The van der Waals surface area contributed by atoms with Crippen LogP contribution in [0.2, 0.25) is 0 Å². The molecule has 0 radical (unpaired) electrons. The van der Waals surface area contributed by atoms with Crippen LogP contribution >= 0.6 is 0 Å². The first-order valence-corrected chi connectivity index (χ1v) is 12.4. The third kappa shape index (κ3) is 4.69. The summed E-state index contributed by atoms with van der Waals surface area (Å²) in [6.45, 7) is 4.16. The van der Waals surface area contributed by atoms with Gasteiger partial charge in [0.05, 0.1) is 36.9 Å². The number of anilines is 1. The van der Waals surface area contributed by atoms with Crippen molar-refractivity contribution in [1.82, 2.24) is 9.47 Å². The Morgan fingerprint density at radius 1 is 0.816 bits per heavy atom. The highest BCUT2D eigenvalue weighted by Gasteiger charge is 2.28. The summed E-state index contributed by atoms with van der Waals surface area (Å²) in [4.78, 5) is 17.8. The number of ether oxygens (including phenoxy) is 2. The van der Waals surface area contributed by atoms with Crippen molar-refractivity contribution in [3.8, 4) is 28.4 Å². The van der Waals surface area contributed by atoms with Gasteiger partial charge < -0.3 is 23.8 Å². The van der Waals surface area contributed by atoms with Crippen LogP contribution < -0.4 is 14.4 Å². The number of hydrogen-bond donors (Lipinski definition) is 0. The Balaban J connectivity index is 1.48. The highest BCUT2D eigenvalue weighted by atomic mass is 19.1. The quantitative estimate of drug-likeness (QED) is 0.329. The van der Waals surface area contributed by atoms with Crippen LogP contribution in [0.15, 0.2) is 72.8 Å². The number of methoxy groups -OCH3 is 2. The predicted molar refractivity (Wildman–Crippen MR) is 144 cm³/mol. The minimum absolute atomic E-state index is 0.127. The maximum absolute atomic E-state index is 15.0. The van der Waals surface area contributed by atoms with E-state index in [1.165, 1.54) is 12.1 Å². The molecule has 1 aliphatic heterocycles. The number of para-hydroxylation sites is 2. The van der Waals surface area contributed by atoms with Crippen LogP contribution in [0, 0.1) is 18.6 Å². The number of aromatic nitrogens is 1.